The largest absolute Gasteiger partial charge is 0.483 e. The van der Waals surface area contributed by atoms with E-state index in [-0.39, 0.29) is 13.2 Å². The first-order chi connectivity index (χ1) is 8.83. The minimum atomic E-state index is -4.91. The lowest BCUT2D eigenvalue weighted by Gasteiger charge is -2.18. The molecule has 0 aromatic rings. The van der Waals surface area contributed by atoms with Crippen molar-refractivity contribution in [1.29, 1.82) is 0 Å². The third kappa shape index (κ3) is 11.8. The van der Waals surface area contributed by atoms with Crippen LogP contribution in [0.2, 0.25) is 0 Å². The zero-order chi connectivity index (χ0) is 14.8. The molecule has 0 aromatic carbocycles. The molecule has 0 saturated heterocycles. The Labute approximate surface area is 114 Å². The Balaban J connectivity index is 4.28. The van der Waals surface area contributed by atoms with Crippen molar-refractivity contribution in [3.63, 3.8) is 0 Å². The van der Waals surface area contributed by atoms with E-state index >= 15 is 0 Å². The Morgan fingerprint density at radius 3 is 1.58 bits per heavy atom. The molecule has 7 nitrogen and oxygen atoms in total. The molecule has 0 aliphatic rings. The van der Waals surface area contributed by atoms with E-state index in [0.29, 0.717) is 12.8 Å². The summed E-state index contributed by atoms with van der Waals surface area (Å²) in [6, 6.07) is 0. The van der Waals surface area contributed by atoms with Gasteiger partial charge in [0.2, 0.25) is 0 Å². The molecule has 0 fully saturated rings. The van der Waals surface area contributed by atoms with Gasteiger partial charge in [-0.3, -0.25) is 9.05 Å². The van der Waals surface area contributed by atoms with Crippen LogP contribution in [0.4, 0.5) is 0 Å². The molecule has 0 unspecified atom stereocenters. The van der Waals surface area contributed by atoms with Crippen LogP contribution in [0.1, 0.15) is 52.4 Å². The summed E-state index contributed by atoms with van der Waals surface area (Å²) in [5.41, 5.74) is 0. The molecule has 0 atom stereocenters. The molecule has 0 aromatic heterocycles. The molecule has 0 rings (SSSR count). The van der Waals surface area contributed by atoms with E-state index in [1.807, 2.05) is 13.8 Å². The highest BCUT2D eigenvalue weighted by molar-refractivity contribution is 7.61. The zero-order valence-corrected chi connectivity index (χ0v) is 13.3. The van der Waals surface area contributed by atoms with Gasteiger partial charge in [-0.2, -0.15) is 4.31 Å². The molecule has 9 heteroatoms. The molecule has 0 radical (unpaired) electrons. The van der Waals surface area contributed by atoms with E-state index in [1.54, 1.807) is 0 Å². The van der Waals surface area contributed by atoms with Gasteiger partial charge < -0.3 is 9.79 Å². The first-order valence-corrected chi connectivity index (χ1v) is 9.48. The molecule has 0 aliphatic heterocycles. The van der Waals surface area contributed by atoms with Gasteiger partial charge >= 0.3 is 15.6 Å². The van der Waals surface area contributed by atoms with Crippen LogP contribution >= 0.6 is 15.6 Å². The van der Waals surface area contributed by atoms with E-state index in [0.717, 1.165) is 25.7 Å². The van der Waals surface area contributed by atoms with Gasteiger partial charge in [0.25, 0.3) is 0 Å². The van der Waals surface area contributed by atoms with Crippen molar-refractivity contribution in [1.82, 2.24) is 0 Å². The van der Waals surface area contributed by atoms with Gasteiger partial charge in [0.1, 0.15) is 0 Å². The Morgan fingerprint density at radius 1 is 0.842 bits per heavy atom. The fourth-order valence-corrected chi connectivity index (χ4v) is 3.47. The van der Waals surface area contributed by atoms with Gasteiger partial charge in [-0.1, -0.05) is 39.5 Å². The van der Waals surface area contributed by atoms with Gasteiger partial charge in [-0.25, -0.2) is 9.13 Å². The van der Waals surface area contributed by atoms with Gasteiger partial charge in [0, 0.05) is 0 Å². The molecular formula is C10H24O7P2. The smallest absolute Gasteiger partial charge is 0.302 e. The second-order valence-electron chi connectivity index (χ2n) is 4.10. The quantitative estimate of drug-likeness (QED) is 0.418. The predicted molar refractivity (Wildman–Crippen MR) is 71.7 cm³/mol. The fraction of sp³-hybridized carbons (Fsp3) is 1.00. The number of phosphoric acid groups is 2. The van der Waals surface area contributed by atoms with Crippen LogP contribution in [0.3, 0.4) is 0 Å². The van der Waals surface area contributed by atoms with Crippen molar-refractivity contribution < 1.29 is 32.3 Å². The standard InChI is InChI=1S/C10H24O7P2/c1-3-5-7-9-15-19(14,17-18(11,12)13)16-10-8-6-4-2/h3-10H2,1-2H3,(H2,11,12,13). The number of hydrogen-bond donors (Lipinski definition) is 2. The van der Waals surface area contributed by atoms with Crippen LogP contribution in [-0.4, -0.2) is 23.0 Å². The fourth-order valence-electron chi connectivity index (χ4n) is 1.27. The van der Waals surface area contributed by atoms with E-state index in [2.05, 4.69) is 4.31 Å². The van der Waals surface area contributed by atoms with Crippen molar-refractivity contribution in [3.8, 4) is 0 Å². The van der Waals surface area contributed by atoms with Crippen molar-refractivity contribution in [2.24, 2.45) is 0 Å². The van der Waals surface area contributed by atoms with Gasteiger partial charge in [-0.15, -0.1) is 0 Å². The molecule has 0 amide bonds. The number of unbranched alkanes of at least 4 members (excludes halogenated alkanes) is 4. The van der Waals surface area contributed by atoms with Crippen LogP contribution in [0.15, 0.2) is 0 Å². The van der Waals surface area contributed by atoms with E-state index in [1.165, 1.54) is 0 Å². The maximum Gasteiger partial charge on any atom is 0.483 e. The van der Waals surface area contributed by atoms with Crippen LogP contribution in [0, 0.1) is 0 Å². The second-order valence-corrected chi connectivity index (χ2v) is 7.15. The zero-order valence-electron chi connectivity index (χ0n) is 11.5. The number of hydrogen-bond acceptors (Lipinski definition) is 5. The molecule has 0 saturated carbocycles. The maximum atomic E-state index is 12.0. The van der Waals surface area contributed by atoms with Crippen LogP contribution < -0.4 is 0 Å². The molecule has 0 aliphatic carbocycles. The predicted octanol–water partition coefficient (Wildman–Crippen LogP) is 3.62. The SMILES string of the molecule is CCCCCOP(=O)(OCCCCC)OP(=O)(O)O. The van der Waals surface area contributed by atoms with Crippen molar-refractivity contribution in [2.45, 2.75) is 52.4 Å². The topological polar surface area (TPSA) is 102 Å². The Hall–Kier alpha value is 0.260. The maximum absolute atomic E-state index is 12.0. The van der Waals surface area contributed by atoms with Crippen molar-refractivity contribution in [3.05, 3.63) is 0 Å². The van der Waals surface area contributed by atoms with E-state index in [9.17, 15) is 9.13 Å². The van der Waals surface area contributed by atoms with E-state index < -0.39 is 15.6 Å². The second kappa shape index (κ2) is 10.1. The van der Waals surface area contributed by atoms with Crippen molar-refractivity contribution in [2.75, 3.05) is 13.2 Å². The summed E-state index contributed by atoms with van der Waals surface area (Å²) < 4.78 is 36.7. The summed E-state index contributed by atoms with van der Waals surface area (Å²) in [6.07, 6.45) is 4.89. The van der Waals surface area contributed by atoms with Gasteiger partial charge in [-0.05, 0) is 12.8 Å². The third-order valence-electron chi connectivity index (χ3n) is 2.20. The lowest BCUT2D eigenvalue weighted by Crippen LogP contribution is -2.02. The minimum Gasteiger partial charge on any atom is -0.302 e. The number of rotatable bonds is 12. The monoisotopic (exact) mass is 318 g/mol. The van der Waals surface area contributed by atoms with Gasteiger partial charge in [0.15, 0.2) is 0 Å². The lowest BCUT2D eigenvalue weighted by atomic mass is 10.3. The molecule has 116 valence electrons. The molecule has 2 N–H and O–H groups in total. The van der Waals surface area contributed by atoms with Crippen molar-refractivity contribution >= 4 is 15.6 Å². The first-order valence-electron chi connectivity index (χ1n) is 6.49. The highest BCUT2D eigenvalue weighted by Crippen LogP contribution is 2.61. The highest BCUT2D eigenvalue weighted by atomic mass is 31.3. The normalized spacial score (nSPS) is 12.8. The molecular weight excluding hydrogens is 294 g/mol. The Bertz CT molecular complexity index is 299. The average molecular weight is 318 g/mol. The van der Waals surface area contributed by atoms with Crippen LogP contribution in [-0.2, 0) is 22.5 Å². The summed E-state index contributed by atoms with van der Waals surface area (Å²) in [7, 11) is -9.10. The third-order valence-corrected chi connectivity index (χ3v) is 4.85. The molecule has 0 bridgehead atoms. The molecule has 0 spiro atoms. The average Bonchev–Trinajstić information content (AvgIpc) is 2.28. The highest BCUT2D eigenvalue weighted by Gasteiger charge is 2.35. The summed E-state index contributed by atoms with van der Waals surface area (Å²) in [5, 5.41) is 0. The first kappa shape index (κ1) is 19.3. The summed E-state index contributed by atoms with van der Waals surface area (Å²) in [4.78, 5) is 17.4. The van der Waals surface area contributed by atoms with Crippen LogP contribution in [0.5, 0.6) is 0 Å². The number of phosphoric ester groups is 1. The minimum absolute atomic E-state index is 0.0822. The molecule has 19 heavy (non-hydrogen) atoms. The van der Waals surface area contributed by atoms with E-state index in [4.69, 9.17) is 18.8 Å². The molecule has 0 heterocycles. The summed E-state index contributed by atoms with van der Waals surface area (Å²) in [6.45, 7) is 4.15. The summed E-state index contributed by atoms with van der Waals surface area (Å²) >= 11 is 0. The summed E-state index contributed by atoms with van der Waals surface area (Å²) in [5.74, 6) is 0. The Morgan fingerprint density at radius 2 is 1.26 bits per heavy atom. The van der Waals surface area contributed by atoms with Gasteiger partial charge in [0.05, 0.1) is 13.2 Å². The Kier molecular flexibility index (Phi) is 10.2. The lowest BCUT2D eigenvalue weighted by molar-refractivity contribution is 0.136. The van der Waals surface area contributed by atoms with Crippen LogP contribution in [0.25, 0.3) is 0 Å².